The van der Waals surface area contributed by atoms with Gasteiger partial charge in [-0.15, -0.1) is 0 Å². The van der Waals surface area contributed by atoms with Gasteiger partial charge in [0.1, 0.15) is 18.4 Å². The van der Waals surface area contributed by atoms with Crippen molar-refractivity contribution in [3.8, 4) is 11.8 Å². The predicted octanol–water partition coefficient (Wildman–Crippen LogP) is 3.93. The number of nitriles is 1. The Bertz CT molecular complexity index is 1020. The first-order chi connectivity index (χ1) is 14.2. The van der Waals surface area contributed by atoms with Gasteiger partial charge in [-0.1, -0.05) is 42.5 Å². The number of rotatable bonds is 7. The van der Waals surface area contributed by atoms with Crippen molar-refractivity contribution < 1.29 is 19.1 Å². The summed E-state index contributed by atoms with van der Waals surface area (Å²) in [5.41, 5.74) is 2.05. The monoisotopic (exact) mass is 386 g/mol. The fraction of sp³-hybridized carbons (Fsp3) is 0.0870. The summed E-state index contributed by atoms with van der Waals surface area (Å²) in [6.45, 7) is -0.0279. The minimum absolute atomic E-state index is 0.308. The first-order valence-electron chi connectivity index (χ1n) is 8.88. The molecule has 0 saturated heterocycles. The lowest BCUT2D eigenvalue weighted by molar-refractivity contribution is -0.119. The molecule has 0 aliphatic rings. The van der Waals surface area contributed by atoms with Gasteiger partial charge < -0.3 is 14.8 Å². The Balaban J connectivity index is 1.49. The molecule has 3 rings (SSSR count). The van der Waals surface area contributed by atoms with Gasteiger partial charge in [0.05, 0.1) is 16.8 Å². The maximum Gasteiger partial charge on any atom is 0.338 e. The van der Waals surface area contributed by atoms with Gasteiger partial charge in [-0.2, -0.15) is 5.26 Å². The summed E-state index contributed by atoms with van der Waals surface area (Å²) in [6.07, 6.45) is 0. The number of ether oxygens (including phenoxy) is 2. The molecule has 0 atom stereocenters. The summed E-state index contributed by atoms with van der Waals surface area (Å²) in [5.74, 6) is -0.525. The second kappa shape index (κ2) is 9.72. The summed E-state index contributed by atoms with van der Waals surface area (Å²) >= 11 is 0. The molecule has 0 aliphatic heterocycles. The maximum atomic E-state index is 12.1. The van der Waals surface area contributed by atoms with E-state index < -0.39 is 18.5 Å². The molecule has 3 aromatic carbocycles. The van der Waals surface area contributed by atoms with E-state index in [4.69, 9.17) is 14.7 Å². The highest BCUT2D eigenvalue weighted by molar-refractivity contribution is 5.96. The lowest BCUT2D eigenvalue weighted by Gasteiger charge is -2.09. The van der Waals surface area contributed by atoms with Crippen LogP contribution in [0.1, 0.15) is 21.5 Å². The largest absolute Gasteiger partial charge is 0.489 e. The number of para-hydroxylation sites is 1. The molecule has 144 valence electrons. The fourth-order valence-corrected chi connectivity index (χ4v) is 2.52. The van der Waals surface area contributed by atoms with Crippen LogP contribution in [-0.2, 0) is 16.1 Å². The van der Waals surface area contributed by atoms with Crippen molar-refractivity contribution in [3.05, 3.63) is 95.6 Å². The van der Waals surface area contributed by atoms with Gasteiger partial charge in [0.2, 0.25) is 0 Å². The lowest BCUT2D eigenvalue weighted by Crippen LogP contribution is -2.21. The van der Waals surface area contributed by atoms with Crippen LogP contribution >= 0.6 is 0 Å². The molecule has 1 amide bonds. The van der Waals surface area contributed by atoms with Gasteiger partial charge >= 0.3 is 5.97 Å². The van der Waals surface area contributed by atoms with E-state index in [0.717, 1.165) is 5.56 Å². The van der Waals surface area contributed by atoms with Crippen LogP contribution in [0.3, 0.4) is 0 Å². The normalized spacial score (nSPS) is 9.90. The maximum absolute atomic E-state index is 12.1. The van der Waals surface area contributed by atoms with Crippen molar-refractivity contribution in [3.63, 3.8) is 0 Å². The van der Waals surface area contributed by atoms with Crippen LogP contribution in [-0.4, -0.2) is 18.5 Å². The number of carbonyl (C=O) groups excluding carboxylic acids is 2. The van der Waals surface area contributed by atoms with Gasteiger partial charge in [-0.3, -0.25) is 4.79 Å². The second-order valence-corrected chi connectivity index (χ2v) is 6.08. The fourth-order valence-electron chi connectivity index (χ4n) is 2.52. The first kappa shape index (κ1) is 19.6. The number of nitrogens with one attached hydrogen (secondary N) is 1. The Morgan fingerprint density at radius 2 is 1.59 bits per heavy atom. The number of hydrogen-bond donors (Lipinski definition) is 1. The Labute approximate surface area is 168 Å². The molecule has 0 aliphatic carbocycles. The van der Waals surface area contributed by atoms with Gasteiger partial charge in [-0.25, -0.2) is 4.79 Å². The number of benzene rings is 3. The molecule has 0 unspecified atom stereocenters. The van der Waals surface area contributed by atoms with Crippen molar-refractivity contribution in [2.45, 2.75) is 6.61 Å². The Kier molecular flexibility index (Phi) is 6.58. The molecular formula is C23H18N2O4. The summed E-state index contributed by atoms with van der Waals surface area (Å²) in [5, 5.41) is 11.6. The van der Waals surface area contributed by atoms with E-state index in [2.05, 4.69) is 5.32 Å². The number of esters is 1. The Morgan fingerprint density at radius 1 is 0.897 bits per heavy atom. The highest BCUT2D eigenvalue weighted by atomic mass is 16.5. The van der Waals surface area contributed by atoms with Crippen molar-refractivity contribution >= 4 is 17.6 Å². The molecule has 0 heterocycles. The Hall–Kier alpha value is -4.11. The number of nitrogens with zero attached hydrogens (tertiary/aromatic N) is 1. The molecule has 0 saturated carbocycles. The van der Waals surface area contributed by atoms with E-state index in [1.807, 2.05) is 36.4 Å². The molecular weight excluding hydrogens is 368 g/mol. The number of hydrogen-bond acceptors (Lipinski definition) is 5. The lowest BCUT2D eigenvalue weighted by atomic mass is 10.2. The first-order valence-corrected chi connectivity index (χ1v) is 8.88. The van der Waals surface area contributed by atoms with Crippen molar-refractivity contribution in [2.24, 2.45) is 0 Å². The predicted molar refractivity (Wildman–Crippen MR) is 107 cm³/mol. The van der Waals surface area contributed by atoms with E-state index in [-0.39, 0.29) is 0 Å². The van der Waals surface area contributed by atoms with Crippen LogP contribution < -0.4 is 10.1 Å². The van der Waals surface area contributed by atoms with E-state index in [1.54, 1.807) is 48.5 Å². The third kappa shape index (κ3) is 5.68. The average molecular weight is 386 g/mol. The quantitative estimate of drug-likeness (QED) is 0.622. The van der Waals surface area contributed by atoms with Crippen molar-refractivity contribution in [2.75, 3.05) is 11.9 Å². The number of carbonyl (C=O) groups is 2. The molecule has 6 heteroatoms. The summed E-state index contributed by atoms with van der Waals surface area (Å²) in [4.78, 5) is 24.1. The van der Waals surface area contributed by atoms with Gasteiger partial charge in [0.15, 0.2) is 6.61 Å². The van der Waals surface area contributed by atoms with Crippen molar-refractivity contribution in [1.29, 1.82) is 5.26 Å². The third-order valence-corrected chi connectivity index (χ3v) is 3.99. The molecule has 1 N–H and O–H groups in total. The molecule has 0 bridgehead atoms. The zero-order valence-electron chi connectivity index (χ0n) is 15.5. The van der Waals surface area contributed by atoms with Crippen molar-refractivity contribution in [1.82, 2.24) is 0 Å². The topological polar surface area (TPSA) is 88.4 Å². The average Bonchev–Trinajstić information content (AvgIpc) is 2.77. The van der Waals surface area contributed by atoms with Crippen LogP contribution in [0, 0.1) is 11.3 Å². The van der Waals surface area contributed by atoms with Crippen LogP contribution in [0.25, 0.3) is 0 Å². The van der Waals surface area contributed by atoms with Crippen LogP contribution in [0.4, 0.5) is 5.69 Å². The zero-order chi connectivity index (χ0) is 20.5. The Morgan fingerprint density at radius 3 is 2.31 bits per heavy atom. The highest BCUT2D eigenvalue weighted by Gasteiger charge is 2.12. The number of amides is 1. The number of anilines is 1. The van der Waals surface area contributed by atoms with Crippen LogP contribution in [0.5, 0.6) is 5.75 Å². The van der Waals surface area contributed by atoms with E-state index in [1.165, 1.54) is 0 Å². The van der Waals surface area contributed by atoms with E-state index in [0.29, 0.717) is 29.2 Å². The standard InChI is InChI=1S/C23H18N2O4/c24-14-19-8-4-5-9-21(19)25-22(26)16-29-23(27)18-10-12-20(13-11-18)28-15-17-6-2-1-3-7-17/h1-13H,15-16H2,(H,25,26). The van der Waals surface area contributed by atoms with E-state index in [9.17, 15) is 9.59 Å². The van der Waals surface area contributed by atoms with Crippen LogP contribution in [0.2, 0.25) is 0 Å². The highest BCUT2D eigenvalue weighted by Crippen LogP contribution is 2.16. The van der Waals surface area contributed by atoms with Gasteiger partial charge in [-0.05, 0) is 42.0 Å². The SMILES string of the molecule is N#Cc1ccccc1NC(=O)COC(=O)c1ccc(OCc2ccccc2)cc1. The second-order valence-electron chi connectivity index (χ2n) is 6.08. The molecule has 0 radical (unpaired) electrons. The molecule has 0 fully saturated rings. The molecule has 6 nitrogen and oxygen atoms in total. The molecule has 3 aromatic rings. The minimum Gasteiger partial charge on any atom is -0.489 e. The molecule has 29 heavy (non-hydrogen) atoms. The van der Waals surface area contributed by atoms with Gasteiger partial charge in [0.25, 0.3) is 5.91 Å². The smallest absolute Gasteiger partial charge is 0.338 e. The van der Waals surface area contributed by atoms with Crippen LogP contribution in [0.15, 0.2) is 78.9 Å². The summed E-state index contributed by atoms with van der Waals surface area (Å²) < 4.78 is 10.7. The minimum atomic E-state index is -0.622. The van der Waals surface area contributed by atoms with Gasteiger partial charge in [0, 0.05) is 0 Å². The molecule has 0 aromatic heterocycles. The zero-order valence-corrected chi connectivity index (χ0v) is 15.5. The third-order valence-electron chi connectivity index (χ3n) is 3.99. The summed E-state index contributed by atoms with van der Waals surface area (Å²) in [7, 11) is 0. The summed E-state index contributed by atoms with van der Waals surface area (Å²) in [6, 6.07) is 24.8. The van der Waals surface area contributed by atoms with E-state index >= 15 is 0 Å². The molecule has 0 spiro atoms.